The largest absolute Gasteiger partial charge is 0.297 e. The molecule has 1 aromatic rings. The van der Waals surface area contributed by atoms with Crippen LogP contribution < -0.4 is 0 Å². The molecular formula is C13H18IN. The van der Waals surface area contributed by atoms with Gasteiger partial charge < -0.3 is 0 Å². The van der Waals surface area contributed by atoms with Gasteiger partial charge in [0.25, 0.3) is 0 Å². The van der Waals surface area contributed by atoms with Crippen molar-refractivity contribution in [3.8, 4) is 0 Å². The maximum atomic E-state index is 2.60. The molecule has 2 rings (SSSR count). The van der Waals surface area contributed by atoms with Crippen molar-refractivity contribution in [2.75, 3.05) is 13.1 Å². The summed E-state index contributed by atoms with van der Waals surface area (Å²) < 4.78 is 1.33. The van der Waals surface area contributed by atoms with E-state index in [0.717, 1.165) is 0 Å². The van der Waals surface area contributed by atoms with Gasteiger partial charge in [-0.25, -0.2) is 0 Å². The fraction of sp³-hybridized carbons (Fsp3) is 0.538. The van der Waals surface area contributed by atoms with Gasteiger partial charge in [-0.05, 0) is 66.2 Å². The topological polar surface area (TPSA) is 3.24 Å². The Balaban J connectivity index is 2.16. The zero-order valence-electron chi connectivity index (χ0n) is 9.25. The highest BCUT2D eigenvalue weighted by Crippen LogP contribution is 2.30. The van der Waals surface area contributed by atoms with Crippen LogP contribution in [0, 0.1) is 3.57 Å². The lowest BCUT2D eigenvalue weighted by Crippen LogP contribution is -2.33. The van der Waals surface area contributed by atoms with Crippen molar-refractivity contribution in [1.29, 1.82) is 0 Å². The van der Waals surface area contributed by atoms with Crippen LogP contribution in [-0.2, 0) is 0 Å². The number of likely N-dealkylation sites (tertiary alicyclic amines) is 1. The average Bonchev–Trinajstić information content (AvgIpc) is 2.30. The number of nitrogens with zero attached hydrogens (tertiary/aromatic N) is 1. The molecule has 1 fully saturated rings. The molecule has 0 N–H and O–H groups in total. The first-order valence-electron chi connectivity index (χ1n) is 5.81. The second-order valence-corrected chi connectivity index (χ2v) is 5.44. The summed E-state index contributed by atoms with van der Waals surface area (Å²) in [6.07, 6.45) is 4.08. The highest BCUT2D eigenvalue weighted by atomic mass is 127. The fourth-order valence-corrected chi connectivity index (χ4v) is 2.79. The van der Waals surface area contributed by atoms with Gasteiger partial charge in [0.15, 0.2) is 0 Å². The van der Waals surface area contributed by atoms with Crippen LogP contribution >= 0.6 is 22.6 Å². The second-order valence-electron chi connectivity index (χ2n) is 4.19. The van der Waals surface area contributed by atoms with Crippen LogP contribution in [-0.4, -0.2) is 18.0 Å². The van der Waals surface area contributed by atoms with Crippen LogP contribution in [0.25, 0.3) is 0 Å². The first-order valence-corrected chi connectivity index (χ1v) is 6.88. The van der Waals surface area contributed by atoms with E-state index in [4.69, 9.17) is 0 Å². The van der Waals surface area contributed by atoms with E-state index in [2.05, 4.69) is 58.7 Å². The van der Waals surface area contributed by atoms with E-state index in [-0.39, 0.29) is 0 Å². The highest BCUT2D eigenvalue weighted by Gasteiger charge is 2.21. The van der Waals surface area contributed by atoms with Gasteiger partial charge in [-0.15, -0.1) is 0 Å². The Morgan fingerprint density at radius 3 is 2.67 bits per heavy atom. The molecule has 1 nitrogen and oxygen atoms in total. The quantitative estimate of drug-likeness (QED) is 0.750. The van der Waals surface area contributed by atoms with E-state index in [1.807, 2.05) is 0 Å². The number of hydrogen-bond donors (Lipinski definition) is 0. The number of halogens is 1. The summed E-state index contributed by atoms with van der Waals surface area (Å²) >= 11 is 2.37. The SMILES string of the molecule is CCN1CCCCC1c1ccc(I)cc1. The van der Waals surface area contributed by atoms with Crippen molar-refractivity contribution < 1.29 is 0 Å². The molecule has 1 heterocycles. The number of piperidine rings is 1. The first kappa shape index (κ1) is 11.4. The van der Waals surface area contributed by atoms with Crippen molar-refractivity contribution in [3.63, 3.8) is 0 Å². The Labute approximate surface area is 106 Å². The molecule has 0 radical (unpaired) electrons. The molecule has 1 unspecified atom stereocenters. The van der Waals surface area contributed by atoms with Crippen LogP contribution in [0.15, 0.2) is 24.3 Å². The molecule has 2 heteroatoms. The second kappa shape index (κ2) is 5.30. The minimum atomic E-state index is 0.667. The van der Waals surface area contributed by atoms with Crippen molar-refractivity contribution in [1.82, 2.24) is 4.90 Å². The van der Waals surface area contributed by atoms with Crippen molar-refractivity contribution >= 4 is 22.6 Å². The molecule has 0 bridgehead atoms. The predicted molar refractivity (Wildman–Crippen MR) is 73.0 cm³/mol. The monoisotopic (exact) mass is 315 g/mol. The Hall–Kier alpha value is -0.0900. The Bertz CT molecular complexity index is 307. The summed E-state index contributed by atoms with van der Waals surface area (Å²) in [6.45, 7) is 4.72. The van der Waals surface area contributed by atoms with Crippen molar-refractivity contribution in [2.45, 2.75) is 32.2 Å². The fourth-order valence-electron chi connectivity index (χ4n) is 2.43. The zero-order chi connectivity index (χ0) is 10.7. The Kier molecular flexibility index (Phi) is 4.03. The molecule has 1 aromatic carbocycles. The van der Waals surface area contributed by atoms with Gasteiger partial charge >= 0.3 is 0 Å². The molecule has 1 aliphatic heterocycles. The van der Waals surface area contributed by atoms with E-state index >= 15 is 0 Å². The minimum absolute atomic E-state index is 0.667. The smallest absolute Gasteiger partial charge is 0.0348 e. The van der Waals surface area contributed by atoms with Gasteiger partial charge in [0.1, 0.15) is 0 Å². The lowest BCUT2D eigenvalue weighted by molar-refractivity contribution is 0.157. The maximum Gasteiger partial charge on any atom is 0.0348 e. The molecule has 0 aliphatic carbocycles. The Morgan fingerprint density at radius 2 is 2.00 bits per heavy atom. The third-order valence-electron chi connectivity index (χ3n) is 3.27. The summed E-state index contributed by atoms with van der Waals surface area (Å²) in [7, 11) is 0. The third-order valence-corrected chi connectivity index (χ3v) is 3.99. The molecule has 1 saturated heterocycles. The molecular weight excluding hydrogens is 297 g/mol. The van der Waals surface area contributed by atoms with Gasteiger partial charge in [0, 0.05) is 9.61 Å². The van der Waals surface area contributed by atoms with Crippen LogP contribution in [0.4, 0.5) is 0 Å². The van der Waals surface area contributed by atoms with Crippen LogP contribution in [0.3, 0.4) is 0 Å². The van der Waals surface area contributed by atoms with Crippen molar-refractivity contribution in [2.24, 2.45) is 0 Å². The Morgan fingerprint density at radius 1 is 1.27 bits per heavy atom. The van der Waals surface area contributed by atoms with Crippen LogP contribution in [0.2, 0.25) is 0 Å². The molecule has 1 atom stereocenters. The summed E-state index contributed by atoms with van der Waals surface area (Å²) in [4.78, 5) is 2.60. The number of rotatable bonds is 2. The lowest BCUT2D eigenvalue weighted by atomic mass is 9.95. The molecule has 82 valence electrons. The third kappa shape index (κ3) is 2.72. The first-order chi connectivity index (χ1) is 7.31. The highest BCUT2D eigenvalue weighted by molar-refractivity contribution is 14.1. The van der Waals surface area contributed by atoms with E-state index in [9.17, 15) is 0 Å². The van der Waals surface area contributed by atoms with Gasteiger partial charge in [-0.1, -0.05) is 25.5 Å². The average molecular weight is 315 g/mol. The zero-order valence-corrected chi connectivity index (χ0v) is 11.4. The lowest BCUT2D eigenvalue weighted by Gasteiger charge is -2.35. The molecule has 1 aliphatic rings. The van der Waals surface area contributed by atoms with E-state index in [0.29, 0.717) is 6.04 Å². The van der Waals surface area contributed by atoms with Crippen LogP contribution in [0.1, 0.15) is 37.8 Å². The van der Waals surface area contributed by atoms with Crippen molar-refractivity contribution in [3.05, 3.63) is 33.4 Å². The maximum absolute atomic E-state index is 2.60. The van der Waals surface area contributed by atoms with E-state index < -0.39 is 0 Å². The molecule has 0 aromatic heterocycles. The number of benzene rings is 1. The summed E-state index contributed by atoms with van der Waals surface area (Å²) in [5.41, 5.74) is 1.50. The summed E-state index contributed by atoms with van der Waals surface area (Å²) in [5, 5.41) is 0. The van der Waals surface area contributed by atoms with Crippen LogP contribution in [0.5, 0.6) is 0 Å². The normalized spacial score (nSPS) is 22.9. The molecule has 0 spiro atoms. The summed E-state index contributed by atoms with van der Waals surface area (Å²) in [6, 6.07) is 9.69. The standard InChI is InChI=1S/C13H18IN/c1-2-15-10-4-3-5-13(15)11-6-8-12(14)9-7-11/h6-9,13H,2-5,10H2,1H3. The van der Waals surface area contributed by atoms with Gasteiger partial charge in [-0.3, -0.25) is 4.90 Å². The molecule has 15 heavy (non-hydrogen) atoms. The molecule has 0 amide bonds. The molecule has 0 saturated carbocycles. The predicted octanol–water partition coefficient (Wildman–Crippen LogP) is 3.84. The minimum Gasteiger partial charge on any atom is -0.297 e. The number of hydrogen-bond acceptors (Lipinski definition) is 1. The van der Waals surface area contributed by atoms with E-state index in [1.165, 1.54) is 41.5 Å². The van der Waals surface area contributed by atoms with Gasteiger partial charge in [0.2, 0.25) is 0 Å². The van der Waals surface area contributed by atoms with Gasteiger partial charge in [0.05, 0.1) is 0 Å². The van der Waals surface area contributed by atoms with E-state index in [1.54, 1.807) is 0 Å². The van der Waals surface area contributed by atoms with Gasteiger partial charge in [-0.2, -0.15) is 0 Å². The summed E-state index contributed by atoms with van der Waals surface area (Å²) in [5.74, 6) is 0.